The summed E-state index contributed by atoms with van der Waals surface area (Å²) in [6.45, 7) is 1.56. The zero-order valence-electron chi connectivity index (χ0n) is 13.9. The van der Waals surface area contributed by atoms with E-state index in [0.29, 0.717) is 30.4 Å². The monoisotopic (exact) mass is 324 g/mol. The molecule has 4 rings (SSSR count). The number of Topliss-reactive ketones (excluding diaryl/α,β-unsaturated/α-hetero) is 1. The Kier molecular flexibility index (Phi) is 3.63. The molecule has 0 saturated carbocycles. The number of hydrogen-bond donors (Lipinski definition) is 0. The molecule has 0 spiro atoms. The van der Waals surface area contributed by atoms with E-state index >= 15 is 0 Å². The van der Waals surface area contributed by atoms with E-state index in [2.05, 4.69) is 16.0 Å². The van der Waals surface area contributed by atoms with E-state index in [9.17, 15) is 4.79 Å². The van der Waals surface area contributed by atoms with Gasteiger partial charge in [0.1, 0.15) is 5.69 Å². The van der Waals surface area contributed by atoms with Crippen molar-refractivity contribution < 1.29 is 14.3 Å². The Morgan fingerprint density at radius 1 is 1.25 bits per heavy atom. The summed E-state index contributed by atoms with van der Waals surface area (Å²) in [5.41, 5.74) is 4.11. The average molecular weight is 324 g/mol. The van der Waals surface area contributed by atoms with E-state index in [1.54, 1.807) is 26.5 Å². The standard InChI is InChI=1S/C19H20N2O3/c1-23-17-8-9-20-14(19(17)24-2)11-21-10-12-6-7-16(22)13-4-3-5-15(21)18(12)13/h3-5,8-9,12H,6-7,10-11H2,1-2H3/t12-/m0/s1. The van der Waals surface area contributed by atoms with Crippen LogP contribution in [-0.2, 0) is 6.54 Å². The number of nitrogens with zero attached hydrogens (tertiary/aromatic N) is 2. The second kappa shape index (κ2) is 5.82. The molecule has 0 unspecified atom stereocenters. The van der Waals surface area contributed by atoms with Gasteiger partial charge in [-0.2, -0.15) is 0 Å². The molecule has 0 amide bonds. The summed E-state index contributed by atoms with van der Waals surface area (Å²) in [6, 6.07) is 7.84. The molecule has 5 nitrogen and oxygen atoms in total. The SMILES string of the molecule is COc1ccnc(CN2C[C@@H]3CCC(=O)c4cccc2c43)c1OC. The lowest BCUT2D eigenvalue weighted by molar-refractivity contribution is 0.0968. The number of carbonyl (C=O) groups is 1. The predicted octanol–water partition coefficient (Wildman–Crippen LogP) is 3.18. The lowest BCUT2D eigenvalue weighted by Gasteiger charge is -2.21. The number of ketones is 1. The van der Waals surface area contributed by atoms with Crippen LogP contribution >= 0.6 is 0 Å². The van der Waals surface area contributed by atoms with Gasteiger partial charge in [0.2, 0.25) is 0 Å². The molecule has 0 bridgehead atoms. The minimum atomic E-state index is 0.266. The first kappa shape index (κ1) is 15.0. The lowest BCUT2D eigenvalue weighted by atomic mass is 9.83. The molecule has 0 N–H and O–H groups in total. The summed E-state index contributed by atoms with van der Waals surface area (Å²) in [7, 11) is 3.26. The molecule has 2 aromatic rings. The number of rotatable bonds is 4. The van der Waals surface area contributed by atoms with Crippen LogP contribution < -0.4 is 14.4 Å². The van der Waals surface area contributed by atoms with Crippen LogP contribution in [0.2, 0.25) is 0 Å². The van der Waals surface area contributed by atoms with Gasteiger partial charge in [-0.25, -0.2) is 0 Å². The largest absolute Gasteiger partial charge is 0.493 e. The molecular weight excluding hydrogens is 304 g/mol. The van der Waals surface area contributed by atoms with Crippen molar-refractivity contribution >= 4 is 11.5 Å². The van der Waals surface area contributed by atoms with Crippen LogP contribution in [0.5, 0.6) is 11.5 Å². The number of ether oxygens (including phenoxy) is 2. The fourth-order valence-electron chi connectivity index (χ4n) is 3.93. The maximum Gasteiger partial charge on any atom is 0.184 e. The van der Waals surface area contributed by atoms with Gasteiger partial charge in [-0.05, 0) is 18.1 Å². The van der Waals surface area contributed by atoms with Crippen LogP contribution in [0.15, 0.2) is 30.5 Å². The van der Waals surface area contributed by atoms with E-state index < -0.39 is 0 Å². The molecule has 0 fully saturated rings. The van der Waals surface area contributed by atoms with Crippen LogP contribution in [-0.4, -0.2) is 31.5 Å². The van der Waals surface area contributed by atoms with Crippen LogP contribution in [0.4, 0.5) is 5.69 Å². The highest BCUT2D eigenvalue weighted by atomic mass is 16.5. The fraction of sp³-hybridized carbons (Fsp3) is 0.368. The number of benzene rings is 1. The number of methoxy groups -OCH3 is 2. The summed E-state index contributed by atoms with van der Waals surface area (Å²) in [5.74, 6) is 2.06. The molecule has 0 saturated heterocycles. The Morgan fingerprint density at radius 3 is 2.92 bits per heavy atom. The summed E-state index contributed by atoms with van der Waals surface area (Å²) in [4.78, 5) is 19.0. The Hall–Kier alpha value is -2.56. The van der Waals surface area contributed by atoms with Gasteiger partial charge in [0.05, 0.1) is 20.8 Å². The lowest BCUT2D eigenvalue weighted by Crippen LogP contribution is -2.23. The van der Waals surface area contributed by atoms with Crippen LogP contribution in [0.1, 0.15) is 40.4 Å². The quantitative estimate of drug-likeness (QED) is 0.864. The van der Waals surface area contributed by atoms with Crippen LogP contribution in [0, 0.1) is 0 Å². The average Bonchev–Trinajstić information content (AvgIpc) is 2.97. The second-order valence-electron chi connectivity index (χ2n) is 6.27. The van der Waals surface area contributed by atoms with Gasteiger partial charge in [0.25, 0.3) is 0 Å². The maximum absolute atomic E-state index is 12.2. The van der Waals surface area contributed by atoms with Crippen molar-refractivity contribution in [2.45, 2.75) is 25.3 Å². The van der Waals surface area contributed by atoms with Crippen molar-refractivity contribution in [3.63, 3.8) is 0 Å². The third-order valence-electron chi connectivity index (χ3n) is 5.00. The zero-order chi connectivity index (χ0) is 16.7. The van der Waals surface area contributed by atoms with E-state index in [1.807, 2.05) is 12.1 Å². The van der Waals surface area contributed by atoms with Gasteiger partial charge in [0.15, 0.2) is 17.3 Å². The van der Waals surface area contributed by atoms with Gasteiger partial charge >= 0.3 is 0 Å². The Labute approximate surface area is 141 Å². The van der Waals surface area contributed by atoms with E-state index in [4.69, 9.17) is 9.47 Å². The van der Waals surface area contributed by atoms with Crippen molar-refractivity contribution in [1.29, 1.82) is 0 Å². The number of pyridine rings is 1. The third kappa shape index (κ3) is 2.23. The molecule has 1 aliphatic carbocycles. The second-order valence-corrected chi connectivity index (χ2v) is 6.27. The van der Waals surface area contributed by atoms with Crippen molar-refractivity contribution in [3.8, 4) is 11.5 Å². The molecular formula is C19H20N2O3. The van der Waals surface area contributed by atoms with Gasteiger partial charge < -0.3 is 14.4 Å². The molecule has 24 heavy (non-hydrogen) atoms. The number of aromatic nitrogens is 1. The minimum Gasteiger partial charge on any atom is -0.493 e. The van der Waals surface area contributed by atoms with Crippen molar-refractivity contribution in [3.05, 3.63) is 47.3 Å². The van der Waals surface area contributed by atoms with Gasteiger partial charge in [-0.3, -0.25) is 9.78 Å². The van der Waals surface area contributed by atoms with Crippen molar-refractivity contribution in [1.82, 2.24) is 4.98 Å². The van der Waals surface area contributed by atoms with Gasteiger partial charge in [-0.1, -0.05) is 12.1 Å². The van der Waals surface area contributed by atoms with Crippen molar-refractivity contribution in [2.75, 3.05) is 25.7 Å². The number of carbonyl (C=O) groups excluding carboxylic acids is 1. The molecule has 1 aromatic heterocycles. The first-order chi connectivity index (χ1) is 11.7. The zero-order valence-corrected chi connectivity index (χ0v) is 13.9. The van der Waals surface area contributed by atoms with Gasteiger partial charge in [0, 0.05) is 42.4 Å². The third-order valence-corrected chi connectivity index (χ3v) is 5.00. The summed E-state index contributed by atoms with van der Waals surface area (Å²) in [5, 5.41) is 0. The topological polar surface area (TPSA) is 51.7 Å². The maximum atomic E-state index is 12.2. The molecule has 124 valence electrons. The molecule has 2 aliphatic rings. The molecule has 0 radical (unpaired) electrons. The summed E-state index contributed by atoms with van der Waals surface area (Å²) >= 11 is 0. The van der Waals surface area contributed by atoms with Gasteiger partial charge in [-0.15, -0.1) is 0 Å². The molecule has 1 aliphatic heterocycles. The predicted molar refractivity (Wildman–Crippen MR) is 91.1 cm³/mol. The first-order valence-corrected chi connectivity index (χ1v) is 8.20. The molecule has 1 aromatic carbocycles. The Bertz CT molecular complexity index is 803. The van der Waals surface area contributed by atoms with Crippen LogP contribution in [0.25, 0.3) is 0 Å². The van der Waals surface area contributed by atoms with E-state index in [-0.39, 0.29) is 5.78 Å². The first-order valence-electron chi connectivity index (χ1n) is 8.20. The Balaban J connectivity index is 1.71. The number of hydrogen-bond acceptors (Lipinski definition) is 5. The minimum absolute atomic E-state index is 0.266. The van der Waals surface area contributed by atoms with E-state index in [0.717, 1.165) is 29.9 Å². The molecule has 1 atom stereocenters. The Morgan fingerprint density at radius 2 is 2.12 bits per heavy atom. The highest BCUT2D eigenvalue weighted by molar-refractivity contribution is 6.01. The highest BCUT2D eigenvalue weighted by Crippen LogP contribution is 2.45. The fourth-order valence-corrected chi connectivity index (χ4v) is 3.93. The molecule has 2 heterocycles. The summed E-state index contributed by atoms with van der Waals surface area (Å²) < 4.78 is 10.9. The normalized spacial score (nSPS) is 18.5. The highest BCUT2D eigenvalue weighted by Gasteiger charge is 2.36. The smallest absolute Gasteiger partial charge is 0.184 e. The van der Waals surface area contributed by atoms with Crippen LogP contribution in [0.3, 0.4) is 0 Å². The molecule has 5 heteroatoms. The number of anilines is 1. The van der Waals surface area contributed by atoms with E-state index in [1.165, 1.54) is 5.56 Å². The summed E-state index contributed by atoms with van der Waals surface area (Å²) in [6.07, 6.45) is 3.32. The van der Waals surface area contributed by atoms with Crippen molar-refractivity contribution in [2.24, 2.45) is 0 Å².